The number of fused-ring (bicyclic) bond motifs is 1. The number of nitrogens with zero attached hydrogens (tertiary/aromatic N) is 2. The second-order valence-corrected chi connectivity index (χ2v) is 7.54. The lowest BCUT2D eigenvalue weighted by molar-refractivity contribution is -0.157. The van der Waals surface area contributed by atoms with Gasteiger partial charge in [0.05, 0.1) is 5.69 Å². The Morgan fingerprint density at radius 1 is 1.30 bits per heavy atom. The fraction of sp³-hybridized carbons (Fsp3) is 0.500. The number of aryl methyl sites for hydroxylation is 1. The summed E-state index contributed by atoms with van der Waals surface area (Å²) in [5.41, 5.74) is 2.46. The zero-order chi connectivity index (χ0) is 18.9. The number of benzene rings is 1. The Bertz CT molecular complexity index is 837. The van der Waals surface area contributed by atoms with Gasteiger partial charge in [0, 0.05) is 37.4 Å². The van der Waals surface area contributed by atoms with Gasteiger partial charge in [-0.15, -0.1) is 0 Å². The van der Waals surface area contributed by atoms with E-state index in [1.807, 2.05) is 0 Å². The summed E-state index contributed by atoms with van der Waals surface area (Å²) in [6, 6.07) is 6.44. The van der Waals surface area contributed by atoms with Crippen molar-refractivity contribution in [2.75, 3.05) is 13.1 Å². The van der Waals surface area contributed by atoms with Crippen molar-refractivity contribution in [2.45, 2.75) is 50.8 Å². The molecular weight excluding hydrogens is 347 g/mol. The average Bonchev–Trinajstić information content (AvgIpc) is 3.26. The number of H-pyrrole nitrogens is 1. The first kappa shape index (κ1) is 18.1. The van der Waals surface area contributed by atoms with Gasteiger partial charge >= 0.3 is 0 Å². The highest BCUT2D eigenvalue weighted by atomic mass is 19.1. The summed E-state index contributed by atoms with van der Waals surface area (Å²) < 4.78 is 13.9. The summed E-state index contributed by atoms with van der Waals surface area (Å²) in [6.45, 7) is 1.40. The van der Waals surface area contributed by atoms with Gasteiger partial charge in [-0.3, -0.25) is 9.89 Å². The van der Waals surface area contributed by atoms with Gasteiger partial charge < -0.3 is 15.3 Å². The molecule has 2 heterocycles. The lowest BCUT2D eigenvalue weighted by Gasteiger charge is -2.38. The van der Waals surface area contributed by atoms with E-state index in [-0.39, 0.29) is 24.8 Å². The second kappa shape index (κ2) is 7.40. The Balaban J connectivity index is 1.38. The van der Waals surface area contributed by atoms with Gasteiger partial charge in [-0.05, 0) is 43.7 Å². The smallest absolute Gasteiger partial charge is 0.256 e. The minimum absolute atomic E-state index is 0.168. The van der Waals surface area contributed by atoms with Gasteiger partial charge in [-0.25, -0.2) is 4.39 Å². The molecule has 1 fully saturated rings. The Labute approximate surface area is 157 Å². The molecule has 1 amide bonds. The largest absolute Gasteiger partial charge is 0.379 e. The molecule has 144 valence electrons. The number of halogens is 1. The van der Waals surface area contributed by atoms with E-state index < -0.39 is 5.60 Å². The monoisotopic (exact) mass is 372 g/mol. The fourth-order valence-electron chi connectivity index (χ4n) is 4.13. The van der Waals surface area contributed by atoms with Gasteiger partial charge in [-0.2, -0.15) is 5.10 Å². The van der Waals surface area contributed by atoms with Crippen LogP contribution in [0.3, 0.4) is 0 Å². The molecule has 3 N–H and O–H groups in total. The average molecular weight is 372 g/mol. The fourth-order valence-corrected chi connectivity index (χ4v) is 4.13. The predicted octanol–water partition coefficient (Wildman–Crippen LogP) is 1.68. The van der Waals surface area contributed by atoms with Gasteiger partial charge in [0.2, 0.25) is 0 Å². The Morgan fingerprint density at radius 2 is 2.15 bits per heavy atom. The highest BCUT2D eigenvalue weighted by Gasteiger charge is 2.42. The minimum atomic E-state index is -1.46. The SMILES string of the molecule is O=C1N(Cc2ccccc2F)CCC[C@@]1(O)CNCc1n[nH]c2c1CCC2. The van der Waals surface area contributed by atoms with Crippen molar-refractivity contribution in [3.05, 3.63) is 52.6 Å². The van der Waals surface area contributed by atoms with E-state index in [1.54, 1.807) is 23.1 Å². The molecule has 1 aliphatic carbocycles. The number of hydrogen-bond donors (Lipinski definition) is 3. The van der Waals surface area contributed by atoms with Crippen LogP contribution in [0.25, 0.3) is 0 Å². The summed E-state index contributed by atoms with van der Waals surface area (Å²) in [5, 5.41) is 21.5. The predicted molar refractivity (Wildman–Crippen MR) is 98.3 cm³/mol. The molecule has 0 saturated carbocycles. The van der Waals surface area contributed by atoms with Crippen LogP contribution in [0.2, 0.25) is 0 Å². The number of aliphatic hydroxyl groups is 1. The molecule has 7 heteroatoms. The zero-order valence-electron chi connectivity index (χ0n) is 15.3. The molecule has 0 bridgehead atoms. The summed E-state index contributed by atoms with van der Waals surface area (Å²) in [7, 11) is 0. The van der Waals surface area contributed by atoms with Crippen LogP contribution in [0.4, 0.5) is 4.39 Å². The molecule has 0 unspecified atom stereocenters. The lowest BCUT2D eigenvalue weighted by atomic mass is 9.91. The number of carbonyl (C=O) groups is 1. The number of likely N-dealkylation sites (tertiary alicyclic amines) is 1. The van der Waals surface area contributed by atoms with Gasteiger partial charge in [0.1, 0.15) is 5.82 Å². The van der Waals surface area contributed by atoms with E-state index in [2.05, 4.69) is 15.5 Å². The highest BCUT2D eigenvalue weighted by Crippen LogP contribution is 2.25. The Morgan fingerprint density at radius 3 is 3.00 bits per heavy atom. The number of piperidine rings is 1. The maximum absolute atomic E-state index is 13.9. The van der Waals surface area contributed by atoms with Crippen LogP contribution in [0, 0.1) is 5.82 Å². The number of nitrogens with one attached hydrogen (secondary N) is 2. The topological polar surface area (TPSA) is 81.2 Å². The normalized spacial score (nSPS) is 22.3. The van der Waals surface area contributed by atoms with Crippen LogP contribution >= 0.6 is 0 Å². The summed E-state index contributed by atoms with van der Waals surface area (Å²) >= 11 is 0. The molecule has 0 radical (unpaired) electrons. The van der Waals surface area contributed by atoms with E-state index in [9.17, 15) is 14.3 Å². The maximum Gasteiger partial charge on any atom is 0.256 e. The first-order chi connectivity index (χ1) is 13.1. The van der Waals surface area contributed by atoms with E-state index in [0.717, 1.165) is 25.0 Å². The summed E-state index contributed by atoms with van der Waals surface area (Å²) in [6.07, 6.45) is 4.31. The summed E-state index contributed by atoms with van der Waals surface area (Å²) in [4.78, 5) is 14.4. The van der Waals surface area contributed by atoms with E-state index in [0.29, 0.717) is 31.5 Å². The van der Waals surface area contributed by atoms with Crippen LogP contribution in [0.1, 0.15) is 41.8 Å². The molecule has 1 aromatic carbocycles. The number of carbonyl (C=O) groups excluding carboxylic acids is 1. The van der Waals surface area contributed by atoms with Crippen molar-refractivity contribution in [3.8, 4) is 0 Å². The molecule has 1 aliphatic heterocycles. The van der Waals surface area contributed by atoms with Crippen LogP contribution in [-0.2, 0) is 30.7 Å². The standard InChI is InChI=1S/C20H25FN4O2/c21-16-7-2-1-5-14(16)12-25-10-4-9-20(27,19(25)26)13-22-11-18-15-6-3-8-17(15)23-24-18/h1-2,5,7,22,27H,3-4,6,8-13H2,(H,23,24)/t20-/m1/s1. The minimum Gasteiger partial charge on any atom is -0.379 e. The van der Waals surface area contributed by atoms with Crippen LogP contribution in [0.15, 0.2) is 24.3 Å². The van der Waals surface area contributed by atoms with E-state index in [4.69, 9.17) is 0 Å². The van der Waals surface area contributed by atoms with Crippen molar-refractivity contribution in [2.24, 2.45) is 0 Å². The number of hydrogen-bond acceptors (Lipinski definition) is 4. The van der Waals surface area contributed by atoms with E-state index >= 15 is 0 Å². The molecule has 0 spiro atoms. The number of aromatic nitrogens is 2. The molecule has 1 saturated heterocycles. The molecule has 1 atom stereocenters. The molecule has 2 aliphatic rings. The molecule has 6 nitrogen and oxygen atoms in total. The van der Waals surface area contributed by atoms with Gasteiger partial charge in [0.15, 0.2) is 5.60 Å². The summed E-state index contributed by atoms with van der Waals surface area (Å²) in [5.74, 6) is -0.665. The van der Waals surface area contributed by atoms with Gasteiger partial charge in [-0.1, -0.05) is 18.2 Å². The lowest BCUT2D eigenvalue weighted by Crippen LogP contribution is -2.57. The number of amides is 1. The number of rotatable bonds is 6. The molecule has 4 rings (SSSR count). The van der Waals surface area contributed by atoms with Crippen LogP contribution in [0.5, 0.6) is 0 Å². The molecule has 2 aromatic rings. The van der Waals surface area contributed by atoms with Crippen LogP contribution in [-0.4, -0.2) is 44.8 Å². The second-order valence-electron chi connectivity index (χ2n) is 7.54. The zero-order valence-corrected chi connectivity index (χ0v) is 15.3. The van der Waals surface area contributed by atoms with Gasteiger partial charge in [0.25, 0.3) is 5.91 Å². The van der Waals surface area contributed by atoms with Crippen LogP contribution < -0.4 is 5.32 Å². The van der Waals surface area contributed by atoms with Crippen molar-refractivity contribution in [1.82, 2.24) is 20.4 Å². The molecule has 27 heavy (non-hydrogen) atoms. The Hall–Kier alpha value is -2.25. The third-order valence-corrected chi connectivity index (χ3v) is 5.62. The van der Waals surface area contributed by atoms with Crippen molar-refractivity contribution < 1.29 is 14.3 Å². The first-order valence-electron chi connectivity index (χ1n) is 9.58. The number of aromatic amines is 1. The molecular formula is C20H25FN4O2. The third kappa shape index (κ3) is 3.61. The molecule has 1 aromatic heterocycles. The third-order valence-electron chi connectivity index (χ3n) is 5.62. The Kier molecular flexibility index (Phi) is 4.97. The van der Waals surface area contributed by atoms with E-state index in [1.165, 1.54) is 17.3 Å². The maximum atomic E-state index is 13.9. The quantitative estimate of drug-likeness (QED) is 0.721. The van der Waals surface area contributed by atoms with Crippen molar-refractivity contribution >= 4 is 5.91 Å². The van der Waals surface area contributed by atoms with Crippen molar-refractivity contribution in [1.29, 1.82) is 0 Å². The highest BCUT2D eigenvalue weighted by molar-refractivity contribution is 5.86. The van der Waals surface area contributed by atoms with Crippen molar-refractivity contribution in [3.63, 3.8) is 0 Å². The first-order valence-corrected chi connectivity index (χ1v) is 9.58.